The molecule has 2 aromatic rings. The van der Waals surface area contributed by atoms with E-state index in [1.807, 2.05) is 37.4 Å². The number of hydrazone groups is 1. The summed E-state index contributed by atoms with van der Waals surface area (Å²) in [6.07, 6.45) is 10.2. The highest BCUT2D eigenvalue weighted by Gasteiger charge is 2.10. The van der Waals surface area contributed by atoms with E-state index in [1.165, 1.54) is 5.56 Å². The fourth-order valence-corrected chi connectivity index (χ4v) is 3.18. The molecule has 0 unspecified atom stereocenters. The minimum atomic E-state index is 0.637. The van der Waals surface area contributed by atoms with E-state index >= 15 is 0 Å². The van der Waals surface area contributed by atoms with Crippen molar-refractivity contribution in [3.05, 3.63) is 59.7 Å². The number of nitrogens with one attached hydrogen (secondary N) is 1. The molecule has 1 aromatic carbocycles. The number of ether oxygens (including phenoxy) is 1. The molecule has 0 saturated heterocycles. The molecule has 0 fully saturated rings. The molecular formula is C25H36N4O. The summed E-state index contributed by atoms with van der Waals surface area (Å²) in [5, 5.41) is 4.39. The molecule has 1 N–H and O–H groups in total. The molecule has 5 nitrogen and oxygen atoms in total. The van der Waals surface area contributed by atoms with E-state index in [2.05, 4.69) is 65.5 Å². The van der Waals surface area contributed by atoms with Crippen LogP contribution in [0.2, 0.25) is 0 Å². The first kappa shape index (κ1) is 23.5. The predicted octanol–water partition coefficient (Wildman–Crippen LogP) is 6.20. The topological polar surface area (TPSA) is 49.8 Å². The molecular weight excluding hydrogens is 372 g/mol. The molecule has 5 heteroatoms. The SMILES string of the molecule is CC=CCCCOc1cc(N(CCC)CCC)cc(N/N=C/c2cccc(C)c2)n1. The van der Waals surface area contributed by atoms with Crippen LogP contribution in [0.15, 0.2) is 53.7 Å². The number of allylic oxidation sites excluding steroid dienone is 2. The highest BCUT2D eigenvalue weighted by molar-refractivity contribution is 5.80. The van der Waals surface area contributed by atoms with Gasteiger partial charge in [-0.2, -0.15) is 10.1 Å². The van der Waals surface area contributed by atoms with Gasteiger partial charge >= 0.3 is 0 Å². The number of rotatable bonds is 13. The molecule has 0 aliphatic heterocycles. The molecule has 0 aliphatic rings. The summed E-state index contributed by atoms with van der Waals surface area (Å²) >= 11 is 0. The minimum Gasteiger partial charge on any atom is -0.478 e. The Labute approximate surface area is 181 Å². The Kier molecular flexibility index (Phi) is 10.5. The number of nitrogens with zero attached hydrogens (tertiary/aromatic N) is 3. The van der Waals surface area contributed by atoms with Gasteiger partial charge in [0.1, 0.15) is 0 Å². The summed E-state index contributed by atoms with van der Waals surface area (Å²) < 4.78 is 5.96. The lowest BCUT2D eigenvalue weighted by Crippen LogP contribution is -2.25. The highest BCUT2D eigenvalue weighted by atomic mass is 16.5. The van der Waals surface area contributed by atoms with Crippen molar-refractivity contribution in [1.29, 1.82) is 0 Å². The third-order valence-electron chi connectivity index (χ3n) is 4.57. The lowest BCUT2D eigenvalue weighted by molar-refractivity contribution is 0.301. The van der Waals surface area contributed by atoms with Crippen LogP contribution in [0.4, 0.5) is 11.5 Å². The second kappa shape index (κ2) is 13.4. The van der Waals surface area contributed by atoms with Crippen molar-refractivity contribution in [2.45, 2.75) is 53.4 Å². The number of hydrogen-bond donors (Lipinski definition) is 1. The summed E-state index contributed by atoms with van der Waals surface area (Å²) in [4.78, 5) is 6.99. The normalized spacial score (nSPS) is 11.3. The van der Waals surface area contributed by atoms with Gasteiger partial charge in [-0.3, -0.25) is 5.43 Å². The number of anilines is 2. The van der Waals surface area contributed by atoms with E-state index in [1.54, 1.807) is 0 Å². The lowest BCUT2D eigenvalue weighted by Gasteiger charge is -2.24. The van der Waals surface area contributed by atoms with Crippen molar-refractivity contribution < 1.29 is 4.74 Å². The smallest absolute Gasteiger partial charge is 0.217 e. The van der Waals surface area contributed by atoms with Gasteiger partial charge in [-0.1, -0.05) is 55.8 Å². The lowest BCUT2D eigenvalue weighted by atomic mass is 10.2. The summed E-state index contributed by atoms with van der Waals surface area (Å²) in [5.41, 5.74) is 6.46. The Morgan fingerprint density at radius 2 is 1.93 bits per heavy atom. The van der Waals surface area contributed by atoms with E-state index in [0.717, 1.165) is 50.0 Å². The summed E-state index contributed by atoms with van der Waals surface area (Å²) in [6, 6.07) is 12.3. The third-order valence-corrected chi connectivity index (χ3v) is 4.57. The second-order valence-electron chi connectivity index (χ2n) is 7.38. The van der Waals surface area contributed by atoms with E-state index in [9.17, 15) is 0 Å². The quantitative estimate of drug-likeness (QED) is 0.186. The first-order valence-electron chi connectivity index (χ1n) is 11.0. The molecule has 0 aliphatic carbocycles. The van der Waals surface area contributed by atoms with Crippen LogP contribution in [0.5, 0.6) is 5.88 Å². The molecule has 2 rings (SSSR count). The maximum atomic E-state index is 5.96. The summed E-state index contributed by atoms with van der Waals surface area (Å²) in [5.74, 6) is 1.33. The van der Waals surface area contributed by atoms with Crippen LogP contribution in [0.1, 0.15) is 57.6 Å². The number of hydrogen-bond acceptors (Lipinski definition) is 5. The van der Waals surface area contributed by atoms with Gasteiger partial charge in [-0.05, 0) is 45.1 Å². The fraction of sp³-hybridized carbons (Fsp3) is 0.440. The van der Waals surface area contributed by atoms with Crippen molar-refractivity contribution in [3.8, 4) is 5.88 Å². The van der Waals surface area contributed by atoms with Crippen molar-refractivity contribution in [1.82, 2.24) is 4.98 Å². The third kappa shape index (κ3) is 8.27. The second-order valence-corrected chi connectivity index (χ2v) is 7.38. The van der Waals surface area contributed by atoms with Crippen LogP contribution in [-0.2, 0) is 0 Å². The van der Waals surface area contributed by atoms with E-state index in [-0.39, 0.29) is 0 Å². The molecule has 30 heavy (non-hydrogen) atoms. The van der Waals surface area contributed by atoms with Gasteiger partial charge in [0.05, 0.1) is 12.8 Å². The minimum absolute atomic E-state index is 0.637. The van der Waals surface area contributed by atoms with Crippen molar-refractivity contribution in [3.63, 3.8) is 0 Å². The fourth-order valence-electron chi connectivity index (χ4n) is 3.18. The van der Waals surface area contributed by atoms with Crippen LogP contribution in [0.25, 0.3) is 0 Å². The van der Waals surface area contributed by atoms with Gasteiger partial charge in [-0.15, -0.1) is 0 Å². The Bertz CT molecular complexity index is 811. The Hall–Kier alpha value is -2.82. The monoisotopic (exact) mass is 408 g/mol. The van der Waals surface area contributed by atoms with Crippen LogP contribution in [0.3, 0.4) is 0 Å². The Morgan fingerprint density at radius 3 is 2.63 bits per heavy atom. The zero-order valence-corrected chi connectivity index (χ0v) is 18.9. The zero-order chi connectivity index (χ0) is 21.6. The van der Waals surface area contributed by atoms with Gasteiger partial charge in [0.25, 0.3) is 0 Å². The van der Waals surface area contributed by atoms with Gasteiger partial charge in [0, 0.05) is 30.9 Å². The molecule has 0 spiro atoms. The summed E-state index contributed by atoms with van der Waals surface area (Å²) in [6.45, 7) is 11.2. The first-order valence-corrected chi connectivity index (χ1v) is 11.0. The molecule has 0 saturated carbocycles. The molecule has 1 heterocycles. The molecule has 0 bridgehead atoms. The van der Waals surface area contributed by atoms with Crippen LogP contribution in [-0.4, -0.2) is 30.9 Å². The van der Waals surface area contributed by atoms with Crippen molar-refractivity contribution in [2.24, 2.45) is 5.10 Å². The van der Waals surface area contributed by atoms with Crippen LogP contribution < -0.4 is 15.1 Å². The van der Waals surface area contributed by atoms with Gasteiger partial charge < -0.3 is 9.64 Å². The maximum Gasteiger partial charge on any atom is 0.217 e. The van der Waals surface area contributed by atoms with E-state index < -0.39 is 0 Å². The number of unbranched alkanes of at least 4 members (excludes halogenated alkanes) is 1. The maximum absolute atomic E-state index is 5.96. The molecule has 0 radical (unpaired) electrons. The van der Waals surface area contributed by atoms with Crippen LogP contribution in [0, 0.1) is 6.92 Å². The first-order chi connectivity index (χ1) is 14.7. The molecule has 0 atom stereocenters. The zero-order valence-electron chi connectivity index (χ0n) is 18.9. The van der Waals surface area contributed by atoms with Crippen molar-refractivity contribution in [2.75, 3.05) is 30.0 Å². The average molecular weight is 409 g/mol. The predicted molar refractivity (Wildman–Crippen MR) is 129 cm³/mol. The number of benzene rings is 1. The molecule has 162 valence electrons. The van der Waals surface area contributed by atoms with Crippen molar-refractivity contribution >= 4 is 17.7 Å². The summed E-state index contributed by atoms with van der Waals surface area (Å²) in [7, 11) is 0. The van der Waals surface area contributed by atoms with Gasteiger partial charge in [-0.25, -0.2) is 0 Å². The Balaban J connectivity index is 2.16. The van der Waals surface area contributed by atoms with Crippen LogP contribution >= 0.6 is 0 Å². The number of aromatic nitrogens is 1. The molecule has 0 amide bonds. The molecule has 1 aromatic heterocycles. The number of pyridine rings is 1. The van der Waals surface area contributed by atoms with Gasteiger partial charge in [0.15, 0.2) is 5.82 Å². The largest absolute Gasteiger partial charge is 0.478 e. The number of aryl methyl sites for hydroxylation is 1. The highest BCUT2D eigenvalue weighted by Crippen LogP contribution is 2.25. The van der Waals surface area contributed by atoms with Gasteiger partial charge in [0.2, 0.25) is 5.88 Å². The standard InChI is InChI=1S/C25H36N4O/c1-5-8-9-10-16-30-25-19-23(29(14-6-2)15-7-3)18-24(27-25)28-26-20-22-13-11-12-21(4)17-22/h5,8,11-13,17-20H,6-7,9-10,14-16H2,1-4H3,(H,27,28)/b8-5?,26-20+. The Morgan fingerprint density at radius 1 is 1.13 bits per heavy atom. The average Bonchev–Trinajstić information content (AvgIpc) is 2.73. The van der Waals surface area contributed by atoms with E-state index in [0.29, 0.717) is 18.3 Å². The van der Waals surface area contributed by atoms with E-state index in [4.69, 9.17) is 4.74 Å².